The lowest BCUT2D eigenvalue weighted by Crippen LogP contribution is -2.19. The van der Waals surface area contributed by atoms with Gasteiger partial charge in [-0.25, -0.2) is 8.97 Å². The molecule has 0 bridgehead atoms. The highest BCUT2D eigenvalue weighted by Crippen LogP contribution is 2.23. The second-order valence-corrected chi connectivity index (χ2v) is 5.20. The van der Waals surface area contributed by atoms with Gasteiger partial charge in [-0.2, -0.15) is 0 Å². The van der Waals surface area contributed by atoms with Gasteiger partial charge in [-0.15, -0.1) is 0 Å². The first-order chi connectivity index (χ1) is 11.2. The van der Waals surface area contributed by atoms with E-state index in [2.05, 4.69) is 15.2 Å². The van der Waals surface area contributed by atoms with Crippen molar-refractivity contribution in [1.82, 2.24) is 4.57 Å². The molecule has 5 nitrogen and oxygen atoms in total. The van der Waals surface area contributed by atoms with E-state index in [1.54, 1.807) is 7.11 Å². The predicted molar refractivity (Wildman–Crippen MR) is 86.2 cm³/mol. The van der Waals surface area contributed by atoms with Gasteiger partial charge in [0.05, 0.1) is 13.3 Å². The van der Waals surface area contributed by atoms with Crippen molar-refractivity contribution in [3.63, 3.8) is 0 Å². The maximum Gasteiger partial charge on any atom is 0.302 e. The number of fused-ring (bicyclic) bond motifs is 1. The Labute approximate surface area is 134 Å². The van der Waals surface area contributed by atoms with Crippen LogP contribution in [-0.2, 0) is 16.1 Å². The Morgan fingerprint density at radius 2 is 1.96 bits per heavy atom. The fraction of sp³-hybridized carbons (Fsp3) is 0.222. The molecular weight excluding hydrogens is 292 g/mol. The summed E-state index contributed by atoms with van der Waals surface area (Å²) in [5, 5.41) is 0. The molecule has 2 aromatic heterocycles. The Bertz CT molecular complexity index is 822. The Hall–Kier alpha value is -2.82. The molecule has 0 amide bonds. The molecule has 0 N–H and O–H groups in total. The third-order valence-electron chi connectivity index (χ3n) is 3.70. The smallest absolute Gasteiger partial charge is 0.302 e. The molecule has 0 saturated heterocycles. The van der Waals surface area contributed by atoms with Crippen molar-refractivity contribution >= 4 is 11.6 Å². The molecule has 3 rings (SSSR count). The van der Waals surface area contributed by atoms with Crippen molar-refractivity contribution in [2.75, 3.05) is 13.7 Å². The summed E-state index contributed by atoms with van der Waals surface area (Å²) in [6, 6.07) is 13.9. The van der Waals surface area contributed by atoms with E-state index in [0.29, 0.717) is 13.2 Å². The van der Waals surface area contributed by atoms with Crippen molar-refractivity contribution in [2.45, 2.75) is 13.5 Å². The molecule has 0 atom stereocenters. The van der Waals surface area contributed by atoms with Gasteiger partial charge >= 0.3 is 5.97 Å². The third-order valence-corrected chi connectivity index (χ3v) is 3.70. The summed E-state index contributed by atoms with van der Waals surface area (Å²) in [6.07, 6.45) is 4.08. The summed E-state index contributed by atoms with van der Waals surface area (Å²) in [7, 11) is 1.65. The number of ether oxygens (including phenoxy) is 2. The van der Waals surface area contributed by atoms with E-state index in [0.717, 1.165) is 22.7 Å². The van der Waals surface area contributed by atoms with Gasteiger partial charge in [-0.3, -0.25) is 4.79 Å². The minimum Gasteiger partial charge on any atom is -0.497 e. The number of hydrogen-bond donors (Lipinski definition) is 0. The number of pyridine rings is 1. The average Bonchev–Trinajstić information content (AvgIpc) is 2.93. The zero-order valence-electron chi connectivity index (χ0n) is 13.2. The standard InChI is InChI=1S/C18H19N2O3/c1-14(21)23-12-11-20-17(13-19-10-4-3-5-18(19)20)15-6-8-16(22-2)9-7-15/h3-10,13H,11-12H2,1-2H3/q+1. The molecule has 0 aliphatic rings. The number of aromatic nitrogens is 2. The van der Waals surface area contributed by atoms with Gasteiger partial charge in [0.2, 0.25) is 0 Å². The minimum absolute atomic E-state index is 0.264. The van der Waals surface area contributed by atoms with E-state index in [4.69, 9.17) is 9.47 Å². The van der Waals surface area contributed by atoms with Gasteiger partial charge in [-0.1, -0.05) is 6.07 Å². The molecule has 0 aliphatic carbocycles. The first-order valence-corrected chi connectivity index (χ1v) is 7.46. The Kier molecular flexibility index (Phi) is 4.28. The third kappa shape index (κ3) is 3.18. The number of carbonyl (C=O) groups excluding carboxylic acids is 1. The number of esters is 1. The molecule has 0 radical (unpaired) electrons. The molecule has 0 aliphatic heterocycles. The predicted octanol–water partition coefficient (Wildman–Crippen LogP) is 2.47. The van der Waals surface area contributed by atoms with Gasteiger partial charge in [0, 0.05) is 18.6 Å². The fourth-order valence-corrected chi connectivity index (χ4v) is 2.62. The Morgan fingerprint density at radius 3 is 2.65 bits per heavy atom. The molecule has 2 heterocycles. The Morgan fingerprint density at radius 1 is 1.17 bits per heavy atom. The maximum atomic E-state index is 11.0. The summed E-state index contributed by atoms with van der Waals surface area (Å²) >= 11 is 0. The average molecular weight is 311 g/mol. The van der Waals surface area contributed by atoms with Gasteiger partial charge in [0.25, 0.3) is 5.65 Å². The van der Waals surface area contributed by atoms with E-state index in [1.807, 2.05) is 48.7 Å². The van der Waals surface area contributed by atoms with Crippen molar-refractivity contribution in [3.05, 3.63) is 54.9 Å². The number of hydrogen-bond acceptors (Lipinski definition) is 3. The van der Waals surface area contributed by atoms with Gasteiger partial charge in [-0.05, 0) is 30.3 Å². The number of imidazole rings is 1. The first-order valence-electron chi connectivity index (χ1n) is 7.46. The largest absolute Gasteiger partial charge is 0.497 e. The normalized spacial score (nSPS) is 10.7. The molecule has 0 saturated carbocycles. The molecule has 0 spiro atoms. The van der Waals surface area contributed by atoms with Crippen LogP contribution in [0, 0.1) is 0 Å². The molecule has 1 aromatic carbocycles. The molecular formula is C18H19N2O3+. The summed E-state index contributed by atoms with van der Waals surface area (Å²) in [5.74, 6) is 0.559. The maximum absolute atomic E-state index is 11.0. The monoisotopic (exact) mass is 311 g/mol. The fourth-order valence-electron chi connectivity index (χ4n) is 2.62. The lowest BCUT2D eigenvalue weighted by atomic mass is 10.1. The van der Waals surface area contributed by atoms with Crippen molar-refractivity contribution in [2.24, 2.45) is 0 Å². The van der Waals surface area contributed by atoms with E-state index in [1.165, 1.54) is 6.92 Å². The van der Waals surface area contributed by atoms with E-state index in [9.17, 15) is 4.79 Å². The number of methoxy groups -OCH3 is 1. The van der Waals surface area contributed by atoms with Crippen molar-refractivity contribution in [1.29, 1.82) is 0 Å². The Balaban J connectivity index is 2.01. The second kappa shape index (κ2) is 6.52. The molecule has 23 heavy (non-hydrogen) atoms. The summed E-state index contributed by atoms with van der Waals surface area (Å²) < 4.78 is 14.5. The molecule has 5 heteroatoms. The number of benzene rings is 1. The number of carbonyl (C=O) groups is 1. The van der Waals surface area contributed by atoms with Gasteiger partial charge in [0.15, 0.2) is 5.69 Å². The second-order valence-electron chi connectivity index (χ2n) is 5.20. The van der Waals surface area contributed by atoms with Crippen LogP contribution in [-0.4, -0.2) is 24.3 Å². The lowest BCUT2D eigenvalue weighted by Gasteiger charge is -2.05. The quantitative estimate of drug-likeness (QED) is 0.537. The minimum atomic E-state index is -0.264. The van der Waals surface area contributed by atoms with Crippen LogP contribution in [0.5, 0.6) is 5.75 Å². The topological polar surface area (TPSA) is 44.6 Å². The highest BCUT2D eigenvalue weighted by Gasteiger charge is 2.18. The highest BCUT2D eigenvalue weighted by molar-refractivity contribution is 5.66. The van der Waals surface area contributed by atoms with Crippen LogP contribution in [0.3, 0.4) is 0 Å². The molecule has 118 valence electrons. The van der Waals surface area contributed by atoms with Crippen LogP contribution in [0.15, 0.2) is 54.9 Å². The summed E-state index contributed by atoms with van der Waals surface area (Å²) in [5.41, 5.74) is 3.19. The molecule has 0 unspecified atom stereocenters. The zero-order valence-corrected chi connectivity index (χ0v) is 13.2. The van der Waals surface area contributed by atoms with Crippen LogP contribution in [0.4, 0.5) is 0 Å². The highest BCUT2D eigenvalue weighted by atomic mass is 16.5. The van der Waals surface area contributed by atoms with E-state index >= 15 is 0 Å². The van der Waals surface area contributed by atoms with Crippen LogP contribution in [0.1, 0.15) is 6.92 Å². The molecule has 0 fully saturated rings. The van der Waals surface area contributed by atoms with Crippen molar-refractivity contribution < 1.29 is 18.7 Å². The van der Waals surface area contributed by atoms with E-state index in [-0.39, 0.29) is 5.97 Å². The van der Waals surface area contributed by atoms with Gasteiger partial charge in [0.1, 0.15) is 25.1 Å². The first kappa shape index (κ1) is 15.1. The molecule has 3 aromatic rings. The van der Waals surface area contributed by atoms with Crippen LogP contribution < -0.4 is 9.14 Å². The van der Waals surface area contributed by atoms with Crippen LogP contribution in [0.2, 0.25) is 0 Å². The van der Waals surface area contributed by atoms with Gasteiger partial charge < -0.3 is 9.47 Å². The SMILES string of the molecule is COc1ccc(-c2c[n+]3ccccc3n2CCOC(C)=O)cc1. The summed E-state index contributed by atoms with van der Waals surface area (Å²) in [4.78, 5) is 11.0. The van der Waals surface area contributed by atoms with E-state index < -0.39 is 0 Å². The lowest BCUT2D eigenvalue weighted by molar-refractivity contribution is -0.510. The van der Waals surface area contributed by atoms with Crippen LogP contribution in [0.25, 0.3) is 16.9 Å². The summed E-state index contributed by atoms with van der Waals surface area (Å²) in [6.45, 7) is 2.37. The zero-order chi connectivity index (χ0) is 16.2. The number of rotatable bonds is 5. The number of nitrogens with zero attached hydrogens (tertiary/aromatic N) is 2. The van der Waals surface area contributed by atoms with Crippen LogP contribution >= 0.6 is 0 Å². The van der Waals surface area contributed by atoms with Crippen molar-refractivity contribution in [3.8, 4) is 17.0 Å².